The largest absolute Gasteiger partial charge is 0.444 e. The van der Waals surface area contributed by atoms with E-state index in [4.69, 9.17) is 4.74 Å². The van der Waals surface area contributed by atoms with Crippen LogP contribution in [0, 0.1) is 12.7 Å². The molecular formula is C26H35FN6O4. The molecule has 11 heteroatoms. The predicted molar refractivity (Wildman–Crippen MR) is 139 cm³/mol. The number of carbonyl (C=O) groups excluding carboxylic acids is 3. The molecule has 1 aromatic carbocycles. The number of nitrogens with one attached hydrogen (secondary N) is 2. The summed E-state index contributed by atoms with van der Waals surface area (Å²) < 4.78 is 20.8. The number of halogens is 1. The minimum Gasteiger partial charge on any atom is -0.444 e. The van der Waals surface area contributed by atoms with Crippen molar-refractivity contribution in [1.82, 2.24) is 19.7 Å². The van der Waals surface area contributed by atoms with Crippen LogP contribution in [0.4, 0.5) is 25.4 Å². The van der Waals surface area contributed by atoms with Crippen LogP contribution in [-0.4, -0.2) is 83.1 Å². The first-order chi connectivity index (χ1) is 17.3. The number of benzene rings is 1. The molecule has 10 nitrogen and oxygen atoms in total. The van der Waals surface area contributed by atoms with Crippen LogP contribution < -0.4 is 10.6 Å². The molecule has 1 aliphatic heterocycles. The highest BCUT2D eigenvalue weighted by Gasteiger charge is 2.38. The van der Waals surface area contributed by atoms with E-state index in [2.05, 4.69) is 15.6 Å². The molecule has 0 radical (unpaired) electrons. The van der Waals surface area contributed by atoms with Crippen LogP contribution in [0.25, 0.3) is 0 Å². The number of piperazine rings is 1. The molecule has 0 bridgehead atoms. The van der Waals surface area contributed by atoms with Crippen LogP contribution in [0.2, 0.25) is 0 Å². The van der Waals surface area contributed by atoms with E-state index < -0.39 is 29.6 Å². The molecule has 0 aliphatic carbocycles. The van der Waals surface area contributed by atoms with E-state index in [1.165, 1.54) is 22.1 Å². The predicted octanol–water partition coefficient (Wildman–Crippen LogP) is 3.68. The zero-order chi connectivity index (χ0) is 27.3. The van der Waals surface area contributed by atoms with Crippen LogP contribution in [0.5, 0.6) is 0 Å². The Hall–Kier alpha value is -3.73. The lowest BCUT2D eigenvalue weighted by molar-refractivity contribution is -0.136. The van der Waals surface area contributed by atoms with Gasteiger partial charge in [0, 0.05) is 51.5 Å². The number of urea groups is 1. The number of anilines is 2. The van der Waals surface area contributed by atoms with E-state index in [0.29, 0.717) is 17.8 Å². The molecule has 0 unspecified atom stereocenters. The van der Waals surface area contributed by atoms with Crippen molar-refractivity contribution in [3.05, 3.63) is 53.6 Å². The van der Waals surface area contributed by atoms with Crippen molar-refractivity contribution >= 4 is 29.4 Å². The summed E-state index contributed by atoms with van der Waals surface area (Å²) in [6, 6.07) is 6.86. The molecule has 200 valence electrons. The molecule has 3 rings (SSSR count). The standard InChI is InChI=1S/C26H35FN6O4/c1-17-10-11-19(14-28-17)29-24(35)30-20-9-7-8-18(22(20)27)15-32-12-13-33(25(36)37-26(2,3)4)21(16-32)23(34)31(5)6/h7-11,14,21H,12-13,15-16H2,1-6H3,(H2,29,30,35)/t21-/m0/s1. The average Bonchev–Trinajstić information content (AvgIpc) is 2.81. The van der Waals surface area contributed by atoms with Crippen LogP contribution >= 0.6 is 0 Å². The van der Waals surface area contributed by atoms with Crippen molar-refractivity contribution in [1.29, 1.82) is 0 Å². The topological polar surface area (TPSA) is 107 Å². The fourth-order valence-corrected chi connectivity index (χ4v) is 3.90. The van der Waals surface area contributed by atoms with Crippen LogP contribution in [0.3, 0.4) is 0 Å². The third kappa shape index (κ3) is 7.63. The van der Waals surface area contributed by atoms with Gasteiger partial charge >= 0.3 is 12.1 Å². The third-order valence-electron chi connectivity index (χ3n) is 5.71. The van der Waals surface area contributed by atoms with Gasteiger partial charge in [-0.15, -0.1) is 0 Å². The number of pyridine rings is 1. The SMILES string of the molecule is Cc1ccc(NC(=O)Nc2cccc(CN3CCN(C(=O)OC(C)(C)C)[C@H](C(=O)N(C)C)C3)c2F)cn1. The monoisotopic (exact) mass is 514 g/mol. The van der Waals surface area contributed by atoms with Gasteiger partial charge in [-0.2, -0.15) is 0 Å². The number of carbonyl (C=O) groups is 3. The second-order valence-electron chi connectivity index (χ2n) is 10.2. The number of amides is 4. The summed E-state index contributed by atoms with van der Waals surface area (Å²) in [5.41, 5.74) is 0.990. The molecule has 1 fully saturated rings. The van der Waals surface area contributed by atoms with Gasteiger partial charge in [-0.05, 0) is 45.9 Å². The average molecular weight is 515 g/mol. The Balaban J connectivity index is 1.70. The summed E-state index contributed by atoms with van der Waals surface area (Å²) in [4.78, 5) is 46.9. The lowest BCUT2D eigenvalue weighted by Crippen LogP contribution is -2.60. The highest BCUT2D eigenvalue weighted by Crippen LogP contribution is 2.23. The first-order valence-electron chi connectivity index (χ1n) is 12.1. The van der Waals surface area contributed by atoms with Crippen molar-refractivity contribution in [2.24, 2.45) is 0 Å². The number of hydrogen-bond acceptors (Lipinski definition) is 6. The van der Waals surface area contributed by atoms with Gasteiger partial charge in [-0.1, -0.05) is 12.1 Å². The zero-order valence-corrected chi connectivity index (χ0v) is 22.2. The Labute approximate surface area is 216 Å². The molecule has 2 N–H and O–H groups in total. The number of ether oxygens (including phenoxy) is 1. The lowest BCUT2D eigenvalue weighted by atomic mass is 10.1. The van der Waals surface area contributed by atoms with E-state index >= 15 is 4.39 Å². The molecule has 37 heavy (non-hydrogen) atoms. The quantitative estimate of drug-likeness (QED) is 0.631. The molecule has 1 atom stereocenters. The first kappa shape index (κ1) is 27.9. The summed E-state index contributed by atoms with van der Waals surface area (Å²) in [5, 5.41) is 5.16. The fourth-order valence-electron chi connectivity index (χ4n) is 3.90. The smallest absolute Gasteiger partial charge is 0.411 e. The summed E-state index contributed by atoms with van der Waals surface area (Å²) in [7, 11) is 3.25. The van der Waals surface area contributed by atoms with Gasteiger partial charge < -0.3 is 20.3 Å². The van der Waals surface area contributed by atoms with Gasteiger partial charge in [0.25, 0.3) is 0 Å². The van der Waals surface area contributed by atoms with Crippen LogP contribution in [-0.2, 0) is 16.1 Å². The molecule has 4 amide bonds. The number of likely N-dealkylation sites (N-methyl/N-ethyl adjacent to an activating group) is 1. The molecular weight excluding hydrogens is 479 g/mol. The molecule has 1 aromatic heterocycles. The minimum atomic E-state index is -0.767. The number of rotatable bonds is 5. The van der Waals surface area contributed by atoms with E-state index in [0.717, 1.165) is 5.69 Å². The van der Waals surface area contributed by atoms with E-state index in [1.807, 2.05) is 11.8 Å². The highest BCUT2D eigenvalue weighted by molar-refractivity contribution is 5.99. The van der Waals surface area contributed by atoms with Gasteiger partial charge in [-0.25, -0.2) is 14.0 Å². The van der Waals surface area contributed by atoms with Crippen molar-refractivity contribution in [3.63, 3.8) is 0 Å². The van der Waals surface area contributed by atoms with Gasteiger partial charge in [0.05, 0.1) is 17.6 Å². The Kier molecular flexibility index (Phi) is 8.69. The summed E-state index contributed by atoms with van der Waals surface area (Å²) in [5.74, 6) is -0.807. The Bertz CT molecular complexity index is 1130. The number of nitrogens with zero attached hydrogens (tertiary/aromatic N) is 4. The molecule has 2 aromatic rings. The molecule has 0 spiro atoms. The maximum atomic E-state index is 15.3. The Morgan fingerprint density at radius 3 is 2.49 bits per heavy atom. The van der Waals surface area contributed by atoms with Gasteiger partial charge in [0.2, 0.25) is 5.91 Å². The Morgan fingerprint density at radius 1 is 1.14 bits per heavy atom. The maximum absolute atomic E-state index is 15.3. The maximum Gasteiger partial charge on any atom is 0.411 e. The van der Waals surface area contributed by atoms with E-state index in [-0.39, 0.29) is 31.2 Å². The highest BCUT2D eigenvalue weighted by atomic mass is 19.1. The van der Waals surface area contributed by atoms with Crippen LogP contribution in [0.15, 0.2) is 36.5 Å². The molecule has 1 saturated heterocycles. The minimum absolute atomic E-state index is 0.0309. The molecule has 1 aliphatic rings. The van der Waals surface area contributed by atoms with Gasteiger partial charge in [0.1, 0.15) is 11.6 Å². The number of hydrogen-bond donors (Lipinski definition) is 2. The normalized spacial score (nSPS) is 16.2. The number of aromatic nitrogens is 1. The van der Waals surface area contributed by atoms with Gasteiger partial charge in [-0.3, -0.25) is 19.6 Å². The van der Waals surface area contributed by atoms with Crippen molar-refractivity contribution in [2.45, 2.75) is 45.9 Å². The third-order valence-corrected chi connectivity index (χ3v) is 5.71. The van der Waals surface area contributed by atoms with Crippen LogP contribution in [0.1, 0.15) is 32.0 Å². The molecule has 2 heterocycles. The van der Waals surface area contributed by atoms with Crippen molar-refractivity contribution in [3.8, 4) is 0 Å². The summed E-state index contributed by atoms with van der Waals surface area (Å²) >= 11 is 0. The summed E-state index contributed by atoms with van der Waals surface area (Å²) in [6.45, 7) is 8.24. The van der Waals surface area contributed by atoms with Crippen molar-refractivity contribution < 1.29 is 23.5 Å². The zero-order valence-electron chi connectivity index (χ0n) is 22.2. The lowest BCUT2D eigenvalue weighted by Gasteiger charge is -2.41. The van der Waals surface area contributed by atoms with Gasteiger partial charge in [0.15, 0.2) is 5.82 Å². The summed E-state index contributed by atoms with van der Waals surface area (Å²) in [6.07, 6.45) is 0.962. The second-order valence-corrected chi connectivity index (χ2v) is 10.2. The first-order valence-corrected chi connectivity index (χ1v) is 12.1. The van der Waals surface area contributed by atoms with E-state index in [1.54, 1.807) is 59.1 Å². The fraction of sp³-hybridized carbons (Fsp3) is 0.462. The van der Waals surface area contributed by atoms with E-state index in [9.17, 15) is 14.4 Å². The molecule has 0 saturated carbocycles. The number of aryl methyl sites for hydroxylation is 1. The van der Waals surface area contributed by atoms with Crippen molar-refractivity contribution in [2.75, 3.05) is 44.4 Å². The second kappa shape index (κ2) is 11.5. The Morgan fingerprint density at radius 2 is 1.86 bits per heavy atom.